The SMILES string of the molecule is O=c1oc2ccccc2cc1-c1ccc(C#Cc2ccccc2)cc1. The molecule has 0 N–H and O–H groups in total. The van der Waals surface area contributed by atoms with Crippen LogP contribution in [0.25, 0.3) is 22.1 Å². The highest BCUT2D eigenvalue weighted by molar-refractivity contribution is 5.81. The summed E-state index contributed by atoms with van der Waals surface area (Å²) in [6, 6.07) is 26.8. The number of para-hydroxylation sites is 1. The molecule has 4 rings (SSSR count). The largest absolute Gasteiger partial charge is 0.422 e. The number of fused-ring (bicyclic) bond motifs is 1. The van der Waals surface area contributed by atoms with Gasteiger partial charge in [-0.2, -0.15) is 0 Å². The Balaban J connectivity index is 1.68. The average Bonchev–Trinajstić information content (AvgIpc) is 2.67. The van der Waals surface area contributed by atoms with Crippen molar-refractivity contribution in [3.05, 3.63) is 106 Å². The Kier molecular flexibility index (Phi) is 3.90. The molecule has 4 aromatic rings. The van der Waals surface area contributed by atoms with Gasteiger partial charge < -0.3 is 4.42 Å². The predicted molar refractivity (Wildman–Crippen MR) is 100 cm³/mol. The van der Waals surface area contributed by atoms with Crippen LogP contribution in [0.3, 0.4) is 0 Å². The van der Waals surface area contributed by atoms with Crippen molar-refractivity contribution in [1.29, 1.82) is 0 Å². The van der Waals surface area contributed by atoms with Gasteiger partial charge in [-0.25, -0.2) is 4.79 Å². The molecule has 0 aliphatic carbocycles. The van der Waals surface area contributed by atoms with E-state index in [1.165, 1.54) is 0 Å². The maximum Gasteiger partial charge on any atom is 0.344 e. The van der Waals surface area contributed by atoms with E-state index in [4.69, 9.17) is 4.42 Å². The Labute approximate surface area is 145 Å². The summed E-state index contributed by atoms with van der Waals surface area (Å²) in [6.45, 7) is 0. The molecule has 0 aliphatic heterocycles. The molecule has 0 saturated carbocycles. The molecule has 0 fully saturated rings. The summed E-state index contributed by atoms with van der Waals surface area (Å²) in [5.41, 5.74) is 3.52. The van der Waals surface area contributed by atoms with Crippen LogP contribution < -0.4 is 5.63 Å². The highest BCUT2D eigenvalue weighted by Crippen LogP contribution is 2.21. The van der Waals surface area contributed by atoms with Crippen LogP contribution in [0.1, 0.15) is 11.1 Å². The molecule has 25 heavy (non-hydrogen) atoms. The van der Waals surface area contributed by atoms with E-state index in [-0.39, 0.29) is 5.63 Å². The van der Waals surface area contributed by atoms with Gasteiger partial charge in [-0.1, -0.05) is 60.4 Å². The topological polar surface area (TPSA) is 30.2 Å². The summed E-state index contributed by atoms with van der Waals surface area (Å²) >= 11 is 0. The summed E-state index contributed by atoms with van der Waals surface area (Å²) in [5.74, 6) is 6.26. The Bertz CT molecular complexity index is 1140. The molecule has 118 valence electrons. The van der Waals surface area contributed by atoms with Gasteiger partial charge in [0, 0.05) is 16.5 Å². The van der Waals surface area contributed by atoms with Gasteiger partial charge >= 0.3 is 5.63 Å². The maximum absolute atomic E-state index is 12.2. The Morgan fingerprint density at radius 3 is 2.08 bits per heavy atom. The van der Waals surface area contributed by atoms with Gasteiger partial charge in [0.1, 0.15) is 5.58 Å². The molecule has 3 aromatic carbocycles. The maximum atomic E-state index is 12.2. The van der Waals surface area contributed by atoms with E-state index in [0.29, 0.717) is 11.1 Å². The molecule has 2 heteroatoms. The number of rotatable bonds is 1. The molecular formula is C23H14O2. The van der Waals surface area contributed by atoms with Crippen molar-refractivity contribution in [1.82, 2.24) is 0 Å². The minimum atomic E-state index is -0.332. The molecule has 0 spiro atoms. The van der Waals surface area contributed by atoms with E-state index in [0.717, 1.165) is 22.1 Å². The quantitative estimate of drug-likeness (QED) is 0.370. The fourth-order valence-corrected chi connectivity index (χ4v) is 2.66. The van der Waals surface area contributed by atoms with Gasteiger partial charge in [-0.3, -0.25) is 0 Å². The minimum absolute atomic E-state index is 0.332. The van der Waals surface area contributed by atoms with Gasteiger partial charge in [0.05, 0.1) is 5.56 Å². The molecule has 0 unspecified atom stereocenters. The lowest BCUT2D eigenvalue weighted by molar-refractivity contribution is 0.563. The normalized spacial score (nSPS) is 10.2. The van der Waals surface area contributed by atoms with Crippen molar-refractivity contribution in [2.75, 3.05) is 0 Å². The second-order valence-corrected chi connectivity index (χ2v) is 5.68. The van der Waals surface area contributed by atoms with Gasteiger partial charge in [0.2, 0.25) is 0 Å². The van der Waals surface area contributed by atoms with E-state index in [9.17, 15) is 4.79 Å². The van der Waals surface area contributed by atoms with Crippen LogP contribution in [-0.2, 0) is 0 Å². The molecule has 0 saturated heterocycles. The molecule has 0 atom stereocenters. The third-order valence-electron chi connectivity index (χ3n) is 3.96. The second kappa shape index (κ2) is 6.51. The Morgan fingerprint density at radius 2 is 1.32 bits per heavy atom. The van der Waals surface area contributed by atoms with Crippen LogP contribution in [0.4, 0.5) is 0 Å². The molecular weight excluding hydrogens is 308 g/mol. The van der Waals surface area contributed by atoms with Crippen LogP contribution in [-0.4, -0.2) is 0 Å². The summed E-state index contributed by atoms with van der Waals surface area (Å²) in [5, 5.41) is 0.907. The molecule has 1 heterocycles. The first-order valence-electron chi connectivity index (χ1n) is 8.00. The van der Waals surface area contributed by atoms with Gasteiger partial charge in [-0.15, -0.1) is 0 Å². The van der Waals surface area contributed by atoms with E-state index in [1.54, 1.807) is 6.07 Å². The van der Waals surface area contributed by atoms with Crippen LogP contribution in [0.5, 0.6) is 0 Å². The van der Waals surface area contributed by atoms with Crippen molar-refractivity contribution in [3.63, 3.8) is 0 Å². The fourth-order valence-electron chi connectivity index (χ4n) is 2.66. The third kappa shape index (κ3) is 3.22. The highest BCUT2D eigenvalue weighted by atomic mass is 16.4. The average molecular weight is 322 g/mol. The predicted octanol–water partition coefficient (Wildman–Crippen LogP) is 4.86. The van der Waals surface area contributed by atoms with Crippen molar-refractivity contribution in [3.8, 4) is 23.0 Å². The van der Waals surface area contributed by atoms with Crippen LogP contribution in [0.2, 0.25) is 0 Å². The molecule has 0 amide bonds. The number of benzene rings is 3. The smallest absolute Gasteiger partial charge is 0.344 e. The number of hydrogen-bond donors (Lipinski definition) is 0. The fraction of sp³-hybridized carbons (Fsp3) is 0. The molecule has 0 bridgehead atoms. The lowest BCUT2D eigenvalue weighted by Gasteiger charge is -2.02. The first-order valence-corrected chi connectivity index (χ1v) is 8.00. The van der Waals surface area contributed by atoms with Crippen molar-refractivity contribution >= 4 is 11.0 Å². The molecule has 2 nitrogen and oxygen atoms in total. The van der Waals surface area contributed by atoms with Gasteiger partial charge in [-0.05, 0) is 42.0 Å². The van der Waals surface area contributed by atoms with Crippen LogP contribution in [0.15, 0.2) is 94.1 Å². The van der Waals surface area contributed by atoms with Crippen molar-refractivity contribution in [2.45, 2.75) is 0 Å². The lowest BCUT2D eigenvalue weighted by Crippen LogP contribution is -2.02. The molecule has 0 aliphatic rings. The Hall–Kier alpha value is -3.57. The summed E-state index contributed by atoms with van der Waals surface area (Å²) in [6.07, 6.45) is 0. The molecule has 0 radical (unpaired) electrons. The van der Waals surface area contributed by atoms with Crippen molar-refractivity contribution in [2.24, 2.45) is 0 Å². The van der Waals surface area contributed by atoms with E-state index < -0.39 is 0 Å². The lowest BCUT2D eigenvalue weighted by atomic mass is 10.0. The first kappa shape index (κ1) is 15.0. The van der Waals surface area contributed by atoms with Crippen LogP contribution >= 0.6 is 0 Å². The first-order chi connectivity index (χ1) is 12.3. The Morgan fingerprint density at radius 1 is 0.680 bits per heavy atom. The van der Waals surface area contributed by atoms with E-state index in [2.05, 4.69) is 11.8 Å². The van der Waals surface area contributed by atoms with Gasteiger partial charge in [0.15, 0.2) is 0 Å². The minimum Gasteiger partial charge on any atom is -0.422 e. The highest BCUT2D eigenvalue weighted by Gasteiger charge is 2.07. The standard InChI is InChI=1S/C23H14O2/c24-23-21(16-20-8-4-5-9-22(20)25-23)19-14-12-18(13-15-19)11-10-17-6-2-1-3-7-17/h1-9,12-16H. The van der Waals surface area contributed by atoms with E-state index in [1.807, 2.05) is 78.9 Å². The zero-order valence-electron chi connectivity index (χ0n) is 13.4. The summed E-state index contributed by atoms with van der Waals surface area (Å²) in [4.78, 5) is 12.2. The number of hydrogen-bond acceptors (Lipinski definition) is 2. The van der Waals surface area contributed by atoms with E-state index >= 15 is 0 Å². The second-order valence-electron chi connectivity index (χ2n) is 5.68. The zero-order chi connectivity index (χ0) is 17.1. The summed E-state index contributed by atoms with van der Waals surface area (Å²) in [7, 11) is 0. The van der Waals surface area contributed by atoms with Crippen molar-refractivity contribution < 1.29 is 4.42 Å². The monoisotopic (exact) mass is 322 g/mol. The van der Waals surface area contributed by atoms with Gasteiger partial charge in [0.25, 0.3) is 0 Å². The summed E-state index contributed by atoms with van der Waals surface area (Å²) < 4.78 is 5.40. The molecule has 1 aromatic heterocycles. The zero-order valence-corrected chi connectivity index (χ0v) is 13.4. The third-order valence-corrected chi connectivity index (χ3v) is 3.96. The van der Waals surface area contributed by atoms with Crippen LogP contribution in [0, 0.1) is 11.8 Å².